The van der Waals surface area contributed by atoms with Gasteiger partial charge in [0.05, 0.1) is 0 Å². The van der Waals surface area contributed by atoms with E-state index in [0.717, 1.165) is 5.92 Å². The van der Waals surface area contributed by atoms with Gasteiger partial charge in [0.15, 0.2) is 0 Å². The van der Waals surface area contributed by atoms with Crippen LogP contribution in [0, 0.1) is 11.7 Å². The third-order valence-electron chi connectivity index (χ3n) is 5.15. The van der Waals surface area contributed by atoms with Crippen molar-refractivity contribution >= 4 is 0 Å². The SMILES string of the molecule is CCCCCCCCC1CCC(c2ccc(F)cc2)CC1. The average molecular weight is 290 g/mol. The Balaban J connectivity index is 1.61. The summed E-state index contributed by atoms with van der Waals surface area (Å²) >= 11 is 0. The van der Waals surface area contributed by atoms with E-state index in [-0.39, 0.29) is 5.82 Å². The maximum Gasteiger partial charge on any atom is 0.123 e. The molecule has 0 aromatic heterocycles. The molecule has 0 aliphatic heterocycles. The van der Waals surface area contributed by atoms with Crippen LogP contribution >= 0.6 is 0 Å². The minimum absolute atomic E-state index is 0.115. The van der Waals surface area contributed by atoms with Gasteiger partial charge in [-0.05, 0) is 55.2 Å². The normalized spacial score (nSPS) is 22.4. The van der Waals surface area contributed by atoms with Crippen molar-refractivity contribution in [1.82, 2.24) is 0 Å². The van der Waals surface area contributed by atoms with E-state index in [1.807, 2.05) is 12.1 Å². The Labute approximate surface area is 130 Å². The van der Waals surface area contributed by atoms with E-state index in [0.29, 0.717) is 5.92 Å². The summed E-state index contributed by atoms with van der Waals surface area (Å²) in [5.74, 6) is 1.51. The van der Waals surface area contributed by atoms with E-state index in [1.165, 1.54) is 76.2 Å². The summed E-state index contributed by atoms with van der Waals surface area (Å²) in [6, 6.07) is 7.18. The molecule has 1 fully saturated rings. The van der Waals surface area contributed by atoms with E-state index >= 15 is 0 Å². The highest BCUT2D eigenvalue weighted by Gasteiger charge is 2.21. The van der Waals surface area contributed by atoms with Crippen LogP contribution in [0.25, 0.3) is 0 Å². The highest BCUT2D eigenvalue weighted by molar-refractivity contribution is 5.20. The Hall–Kier alpha value is -0.850. The van der Waals surface area contributed by atoms with E-state index in [1.54, 1.807) is 12.1 Å². The predicted molar refractivity (Wildman–Crippen MR) is 89.1 cm³/mol. The Morgan fingerprint density at radius 3 is 2.14 bits per heavy atom. The number of hydrogen-bond donors (Lipinski definition) is 0. The van der Waals surface area contributed by atoms with Gasteiger partial charge in [0.25, 0.3) is 0 Å². The Morgan fingerprint density at radius 2 is 1.48 bits per heavy atom. The molecule has 2 rings (SSSR count). The van der Waals surface area contributed by atoms with Crippen LogP contribution in [0.4, 0.5) is 4.39 Å². The zero-order chi connectivity index (χ0) is 14.9. The molecule has 0 radical (unpaired) electrons. The Bertz CT molecular complexity index is 373. The summed E-state index contributed by atoms with van der Waals surface area (Å²) in [6.07, 6.45) is 15.2. The monoisotopic (exact) mass is 290 g/mol. The first-order valence-corrected chi connectivity index (χ1v) is 9.05. The second-order valence-electron chi connectivity index (χ2n) is 6.83. The van der Waals surface area contributed by atoms with Gasteiger partial charge in [0.1, 0.15) is 5.82 Å². The molecule has 118 valence electrons. The van der Waals surface area contributed by atoms with Gasteiger partial charge in [-0.15, -0.1) is 0 Å². The molecule has 0 saturated heterocycles. The van der Waals surface area contributed by atoms with Crippen LogP contribution in [-0.4, -0.2) is 0 Å². The minimum atomic E-state index is -0.115. The zero-order valence-corrected chi connectivity index (χ0v) is 13.6. The lowest BCUT2D eigenvalue weighted by Crippen LogP contribution is -2.13. The second-order valence-corrected chi connectivity index (χ2v) is 6.83. The molecule has 0 amide bonds. The predicted octanol–water partition coefficient (Wildman–Crippen LogP) is 6.85. The first-order chi connectivity index (χ1) is 10.3. The number of benzene rings is 1. The molecule has 0 unspecified atom stereocenters. The summed E-state index contributed by atoms with van der Waals surface area (Å²) in [4.78, 5) is 0. The maximum atomic E-state index is 13.0. The van der Waals surface area contributed by atoms with Gasteiger partial charge in [-0.25, -0.2) is 4.39 Å². The number of hydrogen-bond acceptors (Lipinski definition) is 0. The first-order valence-electron chi connectivity index (χ1n) is 9.05. The molecule has 1 heteroatoms. The molecule has 0 atom stereocenters. The summed E-state index contributed by atoms with van der Waals surface area (Å²) in [5, 5.41) is 0. The summed E-state index contributed by atoms with van der Waals surface area (Å²) in [7, 11) is 0. The highest BCUT2D eigenvalue weighted by atomic mass is 19.1. The summed E-state index contributed by atoms with van der Waals surface area (Å²) < 4.78 is 13.0. The van der Waals surface area contributed by atoms with Gasteiger partial charge in [-0.1, -0.05) is 64.0 Å². The summed E-state index contributed by atoms with van der Waals surface area (Å²) in [6.45, 7) is 2.28. The van der Waals surface area contributed by atoms with E-state index in [2.05, 4.69) is 6.92 Å². The van der Waals surface area contributed by atoms with Gasteiger partial charge in [-0.2, -0.15) is 0 Å². The van der Waals surface area contributed by atoms with Crippen LogP contribution in [-0.2, 0) is 0 Å². The van der Waals surface area contributed by atoms with Crippen molar-refractivity contribution in [2.45, 2.75) is 83.5 Å². The molecule has 0 nitrogen and oxygen atoms in total. The molecule has 21 heavy (non-hydrogen) atoms. The molecule has 0 heterocycles. The van der Waals surface area contributed by atoms with Gasteiger partial charge in [0, 0.05) is 0 Å². The van der Waals surface area contributed by atoms with Gasteiger partial charge < -0.3 is 0 Å². The van der Waals surface area contributed by atoms with Crippen LogP contribution in [0.2, 0.25) is 0 Å². The van der Waals surface area contributed by atoms with Crippen molar-refractivity contribution in [2.75, 3.05) is 0 Å². The van der Waals surface area contributed by atoms with Crippen molar-refractivity contribution < 1.29 is 4.39 Å². The molecule has 1 saturated carbocycles. The number of unbranched alkanes of at least 4 members (excludes halogenated alkanes) is 5. The molecule has 0 spiro atoms. The Kier molecular flexibility index (Phi) is 7.26. The zero-order valence-electron chi connectivity index (χ0n) is 13.6. The Morgan fingerprint density at radius 1 is 0.857 bits per heavy atom. The maximum absolute atomic E-state index is 13.0. The molecule has 0 bridgehead atoms. The lowest BCUT2D eigenvalue weighted by atomic mass is 9.77. The van der Waals surface area contributed by atoms with E-state index in [9.17, 15) is 4.39 Å². The van der Waals surface area contributed by atoms with Crippen molar-refractivity contribution in [3.8, 4) is 0 Å². The van der Waals surface area contributed by atoms with Crippen LogP contribution in [0.1, 0.15) is 89.0 Å². The first kappa shape index (κ1) is 16.5. The molecule has 1 aromatic carbocycles. The fourth-order valence-electron chi connectivity index (χ4n) is 3.73. The van der Waals surface area contributed by atoms with Crippen LogP contribution < -0.4 is 0 Å². The average Bonchev–Trinajstić information content (AvgIpc) is 2.52. The lowest BCUT2D eigenvalue weighted by Gasteiger charge is -2.28. The molecule has 0 N–H and O–H groups in total. The molecule has 1 aliphatic rings. The molecular weight excluding hydrogens is 259 g/mol. The van der Waals surface area contributed by atoms with Crippen LogP contribution in [0.3, 0.4) is 0 Å². The molecular formula is C20H31F. The molecule has 1 aliphatic carbocycles. The number of rotatable bonds is 8. The standard InChI is InChI=1S/C20H31F/c1-2-3-4-5-6-7-8-17-9-11-18(12-10-17)19-13-15-20(21)16-14-19/h13-18H,2-12H2,1H3. The van der Waals surface area contributed by atoms with Gasteiger partial charge in [0.2, 0.25) is 0 Å². The fourth-order valence-corrected chi connectivity index (χ4v) is 3.73. The van der Waals surface area contributed by atoms with Crippen LogP contribution in [0.5, 0.6) is 0 Å². The quantitative estimate of drug-likeness (QED) is 0.459. The van der Waals surface area contributed by atoms with Crippen molar-refractivity contribution in [1.29, 1.82) is 0 Å². The van der Waals surface area contributed by atoms with Crippen molar-refractivity contribution in [3.05, 3.63) is 35.6 Å². The third-order valence-corrected chi connectivity index (χ3v) is 5.15. The van der Waals surface area contributed by atoms with Crippen molar-refractivity contribution in [2.24, 2.45) is 5.92 Å². The lowest BCUT2D eigenvalue weighted by molar-refractivity contribution is 0.301. The van der Waals surface area contributed by atoms with Gasteiger partial charge >= 0.3 is 0 Å². The minimum Gasteiger partial charge on any atom is -0.207 e. The van der Waals surface area contributed by atoms with Crippen molar-refractivity contribution in [3.63, 3.8) is 0 Å². The smallest absolute Gasteiger partial charge is 0.123 e. The largest absolute Gasteiger partial charge is 0.207 e. The number of halogens is 1. The summed E-state index contributed by atoms with van der Waals surface area (Å²) in [5.41, 5.74) is 1.34. The van der Waals surface area contributed by atoms with Gasteiger partial charge in [-0.3, -0.25) is 0 Å². The molecule has 1 aromatic rings. The van der Waals surface area contributed by atoms with Crippen LogP contribution in [0.15, 0.2) is 24.3 Å². The third kappa shape index (κ3) is 5.80. The highest BCUT2D eigenvalue weighted by Crippen LogP contribution is 2.37. The fraction of sp³-hybridized carbons (Fsp3) is 0.700. The topological polar surface area (TPSA) is 0 Å². The van der Waals surface area contributed by atoms with E-state index in [4.69, 9.17) is 0 Å². The second kappa shape index (κ2) is 9.23. The van der Waals surface area contributed by atoms with E-state index < -0.39 is 0 Å².